The molecule has 1 rings (SSSR count). The van der Waals surface area contributed by atoms with Gasteiger partial charge in [0.05, 0.1) is 11.5 Å². The molecule has 0 aliphatic carbocycles. The van der Waals surface area contributed by atoms with Crippen molar-refractivity contribution in [3.8, 4) is 0 Å². The molecule has 140 valence electrons. The van der Waals surface area contributed by atoms with Crippen molar-refractivity contribution < 1.29 is 18.0 Å². The maximum Gasteiger partial charge on any atom is 0.321 e. The molecule has 2 N–H and O–H groups in total. The zero-order valence-electron chi connectivity index (χ0n) is 15.8. The Balaban J connectivity index is 2.87. The van der Waals surface area contributed by atoms with E-state index < -0.39 is 21.8 Å². The SMILES string of the molecule is CNC(=O)NC(=O)CCS(=O)(=O)Cc1c(C)cc(C(C)(C)C)cc1C. The van der Waals surface area contributed by atoms with Crippen LogP contribution in [0.4, 0.5) is 4.79 Å². The first-order valence-electron chi connectivity index (χ1n) is 8.18. The van der Waals surface area contributed by atoms with Gasteiger partial charge in [0.1, 0.15) is 0 Å². The molecule has 0 saturated heterocycles. The van der Waals surface area contributed by atoms with Gasteiger partial charge in [-0.1, -0.05) is 32.9 Å². The Hall–Kier alpha value is -1.89. The van der Waals surface area contributed by atoms with Crippen molar-refractivity contribution in [3.05, 3.63) is 34.4 Å². The normalized spacial score (nSPS) is 11.9. The van der Waals surface area contributed by atoms with Gasteiger partial charge >= 0.3 is 6.03 Å². The molecule has 0 bridgehead atoms. The third kappa shape index (κ3) is 6.49. The molecule has 7 heteroatoms. The summed E-state index contributed by atoms with van der Waals surface area (Å²) >= 11 is 0. The van der Waals surface area contributed by atoms with Gasteiger partial charge < -0.3 is 5.32 Å². The number of rotatable bonds is 5. The second-order valence-corrected chi connectivity index (χ2v) is 9.49. The van der Waals surface area contributed by atoms with Crippen LogP contribution in [-0.4, -0.2) is 33.2 Å². The van der Waals surface area contributed by atoms with Gasteiger partial charge in [0.2, 0.25) is 5.91 Å². The molecular formula is C18H28N2O4S. The van der Waals surface area contributed by atoms with Crippen molar-refractivity contribution in [2.24, 2.45) is 0 Å². The van der Waals surface area contributed by atoms with Crippen LogP contribution >= 0.6 is 0 Å². The second-order valence-electron chi connectivity index (χ2n) is 7.31. The summed E-state index contributed by atoms with van der Waals surface area (Å²) < 4.78 is 24.7. The minimum absolute atomic E-state index is 0.00906. The number of hydrogen-bond donors (Lipinski definition) is 2. The third-order valence-corrected chi connectivity index (χ3v) is 5.60. The van der Waals surface area contributed by atoms with E-state index in [1.54, 1.807) is 0 Å². The summed E-state index contributed by atoms with van der Waals surface area (Å²) in [7, 11) is -2.08. The largest absolute Gasteiger partial charge is 0.341 e. The minimum atomic E-state index is -3.46. The van der Waals surface area contributed by atoms with Gasteiger partial charge in [-0.2, -0.15) is 0 Å². The van der Waals surface area contributed by atoms with Crippen molar-refractivity contribution >= 4 is 21.8 Å². The number of carbonyl (C=O) groups is 2. The van der Waals surface area contributed by atoms with Crippen LogP contribution in [-0.2, 0) is 25.8 Å². The van der Waals surface area contributed by atoms with Gasteiger partial charge in [-0.25, -0.2) is 13.2 Å². The number of urea groups is 1. The smallest absolute Gasteiger partial charge is 0.321 e. The predicted octanol–water partition coefficient (Wildman–Crippen LogP) is 2.36. The highest BCUT2D eigenvalue weighted by molar-refractivity contribution is 7.90. The Labute approximate surface area is 150 Å². The highest BCUT2D eigenvalue weighted by Gasteiger charge is 2.20. The summed E-state index contributed by atoms with van der Waals surface area (Å²) in [6.07, 6.45) is -0.242. The summed E-state index contributed by atoms with van der Waals surface area (Å²) in [6.45, 7) is 10.2. The first-order valence-corrected chi connectivity index (χ1v) is 10.0. The molecule has 25 heavy (non-hydrogen) atoms. The molecule has 0 heterocycles. The van der Waals surface area contributed by atoms with E-state index in [4.69, 9.17) is 0 Å². The van der Waals surface area contributed by atoms with Gasteiger partial charge in [0, 0.05) is 13.5 Å². The van der Waals surface area contributed by atoms with E-state index in [1.165, 1.54) is 7.05 Å². The van der Waals surface area contributed by atoms with Crippen molar-refractivity contribution in [2.75, 3.05) is 12.8 Å². The molecule has 0 saturated carbocycles. The average molecular weight is 368 g/mol. The maximum absolute atomic E-state index is 12.4. The predicted molar refractivity (Wildman–Crippen MR) is 99.3 cm³/mol. The first-order chi connectivity index (χ1) is 11.4. The minimum Gasteiger partial charge on any atom is -0.341 e. The maximum atomic E-state index is 12.4. The second kappa shape index (κ2) is 7.99. The van der Waals surface area contributed by atoms with Crippen LogP contribution in [0.5, 0.6) is 0 Å². The monoisotopic (exact) mass is 368 g/mol. The summed E-state index contributed by atoms with van der Waals surface area (Å²) in [5, 5.41) is 4.30. The molecule has 0 aliphatic heterocycles. The van der Waals surface area contributed by atoms with Crippen molar-refractivity contribution in [1.29, 1.82) is 0 Å². The van der Waals surface area contributed by atoms with Crippen molar-refractivity contribution in [2.45, 2.75) is 52.2 Å². The van der Waals surface area contributed by atoms with Crippen LogP contribution in [0.2, 0.25) is 0 Å². The Morgan fingerprint density at radius 2 is 1.60 bits per heavy atom. The Bertz CT molecular complexity index is 739. The molecule has 0 radical (unpaired) electrons. The van der Waals surface area contributed by atoms with E-state index in [0.717, 1.165) is 22.3 Å². The van der Waals surface area contributed by atoms with Crippen LogP contribution in [0.25, 0.3) is 0 Å². The first kappa shape index (κ1) is 21.2. The lowest BCUT2D eigenvalue weighted by Gasteiger charge is -2.22. The van der Waals surface area contributed by atoms with Crippen LogP contribution in [0.15, 0.2) is 12.1 Å². The number of nitrogens with one attached hydrogen (secondary N) is 2. The number of benzene rings is 1. The number of amides is 3. The van der Waals surface area contributed by atoms with Crippen LogP contribution < -0.4 is 10.6 Å². The molecule has 1 aromatic rings. The Kier molecular flexibility index (Phi) is 6.76. The molecule has 0 aliphatic rings. The highest BCUT2D eigenvalue weighted by atomic mass is 32.2. The van der Waals surface area contributed by atoms with Gasteiger partial charge in [-0.05, 0) is 41.5 Å². The van der Waals surface area contributed by atoms with E-state index in [9.17, 15) is 18.0 Å². The molecule has 6 nitrogen and oxygen atoms in total. The molecule has 0 atom stereocenters. The summed E-state index contributed by atoms with van der Waals surface area (Å²) in [6, 6.07) is 3.40. The number of aryl methyl sites for hydroxylation is 2. The van der Waals surface area contributed by atoms with E-state index in [-0.39, 0.29) is 23.3 Å². The average Bonchev–Trinajstić information content (AvgIpc) is 2.47. The fraction of sp³-hybridized carbons (Fsp3) is 0.556. The van der Waals surface area contributed by atoms with Crippen LogP contribution in [0.1, 0.15) is 49.4 Å². The topological polar surface area (TPSA) is 92.3 Å². The van der Waals surface area contributed by atoms with E-state index in [1.807, 2.05) is 26.0 Å². The molecule has 0 spiro atoms. The molecule has 3 amide bonds. The van der Waals surface area contributed by atoms with Crippen molar-refractivity contribution in [3.63, 3.8) is 0 Å². The standard InChI is InChI=1S/C18H28N2O4S/c1-12-9-14(18(3,4)5)10-13(2)15(12)11-25(23,24)8-7-16(21)20-17(22)19-6/h9-10H,7-8,11H2,1-6H3,(H2,19,20,21,22). The lowest BCUT2D eigenvalue weighted by molar-refractivity contribution is -0.119. The fourth-order valence-corrected chi connectivity index (χ4v) is 3.98. The molecule has 1 aromatic carbocycles. The zero-order chi connectivity index (χ0) is 19.4. The van der Waals surface area contributed by atoms with Crippen LogP contribution in [0, 0.1) is 13.8 Å². The zero-order valence-corrected chi connectivity index (χ0v) is 16.6. The third-order valence-electron chi connectivity index (χ3n) is 4.05. The summed E-state index contributed by atoms with van der Waals surface area (Å²) in [5.41, 5.74) is 3.80. The molecular weight excluding hydrogens is 340 g/mol. The fourth-order valence-electron chi connectivity index (χ4n) is 2.45. The van der Waals surface area contributed by atoms with Crippen molar-refractivity contribution in [1.82, 2.24) is 10.6 Å². The van der Waals surface area contributed by atoms with E-state index >= 15 is 0 Å². The summed E-state index contributed by atoms with van der Waals surface area (Å²) in [4.78, 5) is 22.6. The lowest BCUT2D eigenvalue weighted by Crippen LogP contribution is -2.38. The van der Waals surface area contributed by atoms with Gasteiger partial charge in [-0.3, -0.25) is 10.1 Å². The number of imide groups is 1. The van der Waals surface area contributed by atoms with Crippen LogP contribution in [0.3, 0.4) is 0 Å². The number of hydrogen-bond acceptors (Lipinski definition) is 4. The van der Waals surface area contributed by atoms with Gasteiger partial charge in [0.25, 0.3) is 0 Å². The lowest BCUT2D eigenvalue weighted by atomic mass is 9.84. The van der Waals surface area contributed by atoms with Gasteiger partial charge in [-0.15, -0.1) is 0 Å². The molecule has 0 fully saturated rings. The van der Waals surface area contributed by atoms with E-state index in [2.05, 4.69) is 31.4 Å². The van der Waals surface area contributed by atoms with Gasteiger partial charge in [0.15, 0.2) is 9.84 Å². The molecule has 0 unspecified atom stereocenters. The highest BCUT2D eigenvalue weighted by Crippen LogP contribution is 2.28. The Morgan fingerprint density at radius 3 is 2.04 bits per heavy atom. The number of sulfone groups is 1. The Morgan fingerprint density at radius 1 is 1.08 bits per heavy atom. The quantitative estimate of drug-likeness (QED) is 0.834. The molecule has 0 aromatic heterocycles. The summed E-state index contributed by atoms with van der Waals surface area (Å²) in [5.74, 6) is -1.02. The van der Waals surface area contributed by atoms with E-state index in [0.29, 0.717) is 0 Å². The number of carbonyl (C=O) groups excluding carboxylic acids is 2.